The van der Waals surface area contributed by atoms with Gasteiger partial charge >= 0.3 is 0 Å². The Balaban J connectivity index is 2.25. The summed E-state index contributed by atoms with van der Waals surface area (Å²) in [6, 6.07) is 0. The molecule has 0 unspecified atom stereocenters. The van der Waals surface area contributed by atoms with E-state index in [0.717, 1.165) is 13.1 Å². The van der Waals surface area contributed by atoms with Crippen molar-refractivity contribution in [3.05, 3.63) is 11.8 Å². The summed E-state index contributed by atoms with van der Waals surface area (Å²) < 4.78 is 0. The number of carbonyl (C=O) groups excluding carboxylic acids is 1. The average molecular weight is 183 g/mol. The molecule has 0 saturated carbocycles. The normalized spacial score (nSPS) is 17.5. The first kappa shape index (κ1) is 10.1. The maximum Gasteiger partial charge on any atom is 0.216 e. The standard InChI is InChI=1S/C9H17N3O/c1-8-6-11(3)12(7-8)5-4-10-9(2)13/h7H,4-6H2,1-3H3,(H,10,13). The van der Waals surface area contributed by atoms with Crippen molar-refractivity contribution in [3.63, 3.8) is 0 Å². The Morgan fingerprint density at radius 3 is 2.85 bits per heavy atom. The molecule has 0 fully saturated rings. The van der Waals surface area contributed by atoms with E-state index in [4.69, 9.17) is 0 Å². The van der Waals surface area contributed by atoms with Crippen LogP contribution in [0.25, 0.3) is 0 Å². The molecular formula is C9H17N3O. The maximum absolute atomic E-state index is 10.6. The highest BCUT2D eigenvalue weighted by Crippen LogP contribution is 2.10. The minimum atomic E-state index is 0.0301. The largest absolute Gasteiger partial charge is 0.355 e. The van der Waals surface area contributed by atoms with E-state index in [2.05, 4.69) is 28.5 Å². The molecule has 1 rings (SSSR count). The number of hydrogen-bond acceptors (Lipinski definition) is 3. The van der Waals surface area contributed by atoms with Crippen LogP contribution in [0, 0.1) is 0 Å². The first-order valence-corrected chi connectivity index (χ1v) is 4.49. The highest BCUT2D eigenvalue weighted by molar-refractivity contribution is 5.72. The molecule has 4 nitrogen and oxygen atoms in total. The molecule has 0 spiro atoms. The number of likely N-dealkylation sites (N-methyl/N-ethyl adjacent to an activating group) is 1. The molecule has 4 heteroatoms. The third-order valence-electron chi connectivity index (χ3n) is 2.00. The molecule has 74 valence electrons. The first-order chi connectivity index (χ1) is 6.09. The molecule has 1 heterocycles. The molecule has 1 aliphatic rings. The lowest BCUT2D eigenvalue weighted by atomic mass is 10.3. The summed E-state index contributed by atoms with van der Waals surface area (Å²) in [7, 11) is 2.04. The third-order valence-corrected chi connectivity index (χ3v) is 2.00. The van der Waals surface area contributed by atoms with E-state index in [1.807, 2.05) is 7.05 Å². The Kier molecular flexibility index (Phi) is 3.31. The minimum Gasteiger partial charge on any atom is -0.355 e. The van der Waals surface area contributed by atoms with Crippen LogP contribution in [0.15, 0.2) is 11.8 Å². The van der Waals surface area contributed by atoms with Crippen LogP contribution in [0.3, 0.4) is 0 Å². The fourth-order valence-electron chi connectivity index (χ4n) is 1.43. The highest BCUT2D eigenvalue weighted by Gasteiger charge is 2.14. The number of nitrogens with one attached hydrogen (secondary N) is 1. The lowest BCUT2D eigenvalue weighted by Crippen LogP contribution is -2.37. The molecule has 0 aliphatic carbocycles. The number of nitrogens with zero attached hydrogens (tertiary/aromatic N) is 2. The summed E-state index contributed by atoms with van der Waals surface area (Å²) >= 11 is 0. The molecule has 0 radical (unpaired) electrons. The fourth-order valence-corrected chi connectivity index (χ4v) is 1.43. The number of hydrogen-bond donors (Lipinski definition) is 1. The zero-order valence-electron chi connectivity index (χ0n) is 8.50. The van der Waals surface area contributed by atoms with Crippen molar-refractivity contribution in [2.75, 3.05) is 26.7 Å². The second kappa shape index (κ2) is 4.28. The van der Waals surface area contributed by atoms with Crippen LogP contribution in [0.1, 0.15) is 13.8 Å². The van der Waals surface area contributed by atoms with Gasteiger partial charge in [-0.05, 0) is 12.5 Å². The molecule has 0 saturated heterocycles. The lowest BCUT2D eigenvalue weighted by molar-refractivity contribution is -0.119. The molecule has 13 heavy (non-hydrogen) atoms. The second-order valence-electron chi connectivity index (χ2n) is 3.44. The zero-order valence-corrected chi connectivity index (χ0v) is 8.50. The van der Waals surface area contributed by atoms with Gasteiger partial charge in [-0.15, -0.1) is 0 Å². The first-order valence-electron chi connectivity index (χ1n) is 4.49. The van der Waals surface area contributed by atoms with Gasteiger partial charge < -0.3 is 10.3 Å². The Hall–Kier alpha value is -1.03. The molecule has 0 aromatic rings. The van der Waals surface area contributed by atoms with Crippen molar-refractivity contribution < 1.29 is 4.79 Å². The van der Waals surface area contributed by atoms with Crippen molar-refractivity contribution in [1.82, 2.24) is 15.3 Å². The van der Waals surface area contributed by atoms with Crippen LogP contribution in [0.5, 0.6) is 0 Å². The Morgan fingerprint density at radius 1 is 1.69 bits per heavy atom. The van der Waals surface area contributed by atoms with Crippen LogP contribution in [0.2, 0.25) is 0 Å². The van der Waals surface area contributed by atoms with Crippen LogP contribution < -0.4 is 5.32 Å². The second-order valence-corrected chi connectivity index (χ2v) is 3.44. The Bertz CT molecular complexity index is 225. The monoisotopic (exact) mass is 183 g/mol. The van der Waals surface area contributed by atoms with Crippen molar-refractivity contribution in [2.45, 2.75) is 13.8 Å². The number of hydrazine groups is 1. The van der Waals surface area contributed by atoms with Gasteiger partial charge in [-0.2, -0.15) is 0 Å². The van der Waals surface area contributed by atoms with E-state index >= 15 is 0 Å². The number of rotatable bonds is 3. The van der Waals surface area contributed by atoms with Gasteiger partial charge in [0.15, 0.2) is 0 Å². The highest BCUT2D eigenvalue weighted by atomic mass is 16.1. The van der Waals surface area contributed by atoms with Crippen LogP contribution in [-0.2, 0) is 4.79 Å². The molecule has 1 aliphatic heterocycles. The summed E-state index contributed by atoms with van der Waals surface area (Å²) in [5, 5.41) is 7.02. The van der Waals surface area contributed by atoms with E-state index in [1.54, 1.807) is 0 Å². The Labute approximate surface area is 79.2 Å². The molecule has 0 atom stereocenters. The van der Waals surface area contributed by atoms with Gasteiger partial charge in [-0.3, -0.25) is 4.79 Å². The lowest BCUT2D eigenvalue weighted by Gasteiger charge is -2.24. The van der Waals surface area contributed by atoms with Crippen molar-refractivity contribution >= 4 is 5.91 Å². The molecular weight excluding hydrogens is 166 g/mol. The fraction of sp³-hybridized carbons (Fsp3) is 0.667. The summed E-state index contributed by atoms with van der Waals surface area (Å²) in [4.78, 5) is 10.6. The topological polar surface area (TPSA) is 35.6 Å². The predicted molar refractivity (Wildman–Crippen MR) is 51.8 cm³/mol. The molecule has 0 aromatic heterocycles. The van der Waals surface area contributed by atoms with Gasteiger partial charge in [0, 0.05) is 33.3 Å². The molecule has 1 N–H and O–H groups in total. The quantitative estimate of drug-likeness (QED) is 0.678. The summed E-state index contributed by atoms with van der Waals surface area (Å²) in [6.07, 6.45) is 2.11. The van der Waals surface area contributed by atoms with Crippen LogP contribution >= 0.6 is 0 Å². The number of amides is 1. The van der Waals surface area contributed by atoms with Crippen molar-refractivity contribution in [2.24, 2.45) is 0 Å². The molecule has 0 bridgehead atoms. The van der Waals surface area contributed by atoms with Crippen LogP contribution in [0.4, 0.5) is 0 Å². The van der Waals surface area contributed by atoms with E-state index < -0.39 is 0 Å². The average Bonchev–Trinajstić information content (AvgIpc) is 2.29. The third kappa shape index (κ3) is 3.06. The van der Waals surface area contributed by atoms with Crippen molar-refractivity contribution in [1.29, 1.82) is 0 Å². The summed E-state index contributed by atoms with van der Waals surface area (Å²) in [5.74, 6) is 0.0301. The summed E-state index contributed by atoms with van der Waals surface area (Å²) in [6.45, 7) is 6.17. The van der Waals surface area contributed by atoms with E-state index in [0.29, 0.717) is 6.54 Å². The van der Waals surface area contributed by atoms with E-state index in [-0.39, 0.29) is 5.91 Å². The van der Waals surface area contributed by atoms with Gasteiger partial charge in [0.1, 0.15) is 0 Å². The van der Waals surface area contributed by atoms with Crippen molar-refractivity contribution in [3.8, 4) is 0 Å². The van der Waals surface area contributed by atoms with E-state index in [9.17, 15) is 4.79 Å². The summed E-state index contributed by atoms with van der Waals surface area (Å²) in [5.41, 5.74) is 1.35. The van der Waals surface area contributed by atoms with Gasteiger partial charge in [0.05, 0.1) is 6.54 Å². The minimum absolute atomic E-state index is 0.0301. The molecule has 1 amide bonds. The maximum atomic E-state index is 10.6. The Morgan fingerprint density at radius 2 is 2.38 bits per heavy atom. The van der Waals surface area contributed by atoms with E-state index in [1.165, 1.54) is 12.5 Å². The number of carbonyl (C=O) groups is 1. The zero-order chi connectivity index (χ0) is 9.84. The van der Waals surface area contributed by atoms with Crippen LogP contribution in [-0.4, -0.2) is 42.6 Å². The van der Waals surface area contributed by atoms with Gasteiger partial charge in [-0.1, -0.05) is 0 Å². The SMILES string of the molecule is CC(=O)NCCN1C=C(C)CN1C. The van der Waals surface area contributed by atoms with Gasteiger partial charge in [0.25, 0.3) is 0 Å². The van der Waals surface area contributed by atoms with Gasteiger partial charge in [-0.25, -0.2) is 5.01 Å². The predicted octanol–water partition coefficient (Wildman–Crippen LogP) is 0.189. The molecule has 0 aromatic carbocycles. The smallest absolute Gasteiger partial charge is 0.216 e. The van der Waals surface area contributed by atoms with Gasteiger partial charge in [0.2, 0.25) is 5.91 Å².